The number of nitrogens with zero attached hydrogens (tertiary/aromatic N) is 2. The van der Waals surface area contributed by atoms with Crippen molar-refractivity contribution in [2.45, 2.75) is 64.6 Å². The van der Waals surface area contributed by atoms with Crippen LogP contribution >= 0.6 is 11.3 Å². The van der Waals surface area contributed by atoms with E-state index in [1.807, 2.05) is 0 Å². The maximum atomic E-state index is 11.2. The maximum Gasteiger partial charge on any atom is 0.320 e. The molecule has 0 aromatic carbocycles. The van der Waals surface area contributed by atoms with Crippen LogP contribution in [0, 0.1) is 0 Å². The van der Waals surface area contributed by atoms with Crippen LogP contribution in [-0.2, 0) is 16.8 Å². The fourth-order valence-electron chi connectivity index (χ4n) is 2.01. The number of rotatable bonds is 5. The molecule has 1 heterocycles. The lowest BCUT2D eigenvalue weighted by Gasteiger charge is -2.25. The maximum absolute atomic E-state index is 11.2. The highest BCUT2D eigenvalue weighted by Crippen LogP contribution is 2.31. The first kappa shape index (κ1) is 14.5. The number of aromatic nitrogens is 1. The summed E-state index contributed by atoms with van der Waals surface area (Å²) < 4.78 is 0. The van der Waals surface area contributed by atoms with Crippen LogP contribution in [0.25, 0.3) is 0 Å². The van der Waals surface area contributed by atoms with Crippen LogP contribution in [0.5, 0.6) is 0 Å². The minimum Gasteiger partial charge on any atom is -0.480 e. The van der Waals surface area contributed by atoms with Crippen molar-refractivity contribution in [1.29, 1.82) is 0 Å². The first-order valence-electron chi connectivity index (χ1n) is 6.72. The fourth-order valence-corrected chi connectivity index (χ4v) is 3.04. The second-order valence-corrected chi connectivity index (χ2v) is 7.24. The zero-order chi connectivity index (χ0) is 14.2. The van der Waals surface area contributed by atoms with Crippen molar-refractivity contribution < 1.29 is 9.90 Å². The zero-order valence-corrected chi connectivity index (χ0v) is 12.8. The summed E-state index contributed by atoms with van der Waals surface area (Å²) in [5.74, 6) is -0.750. The molecule has 0 saturated heterocycles. The Morgan fingerprint density at radius 1 is 1.58 bits per heavy atom. The quantitative estimate of drug-likeness (QED) is 0.902. The normalized spacial score (nSPS) is 17.7. The largest absolute Gasteiger partial charge is 0.480 e. The number of hydrogen-bond acceptors (Lipinski definition) is 4. The van der Waals surface area contributed by atoms with Crippen molar-refractivity contribution in [3.63, 3.8) is 0 Å². The predicted octanol–water partition coefficient (Wildman–Crippen LogP) is 2.88. The van der Waals surface area contributed by atoms with E-state index in [1.54, 1.807) is 18.3 Å². The lowest BCUT2D eigenvalue weighted by Crippen LogP contribution is -2.40. The smallest absolute Gasteiger partial charge is 0.320 e. The van der Waals surface area contributed by atoms with Gasteiger partial charge in [-0.3, -0.25) is 9.69 Å². The molecule has 1 atom stereocenters. The monoisotopic (exact) mass is 282 g/mol. The minimum atomic E-state index is -0.750. The van der Waals surface area contributed by atoms with E-state index in [9.17, 15) is 9.90 Å². The fraction of sp³-hybridized carbons (Fsp3) is 0.714. The summed E-state index contributed by atoms with van der Waals surface area (Å²) in [6.45, 7) is 8.84. The van der Waals surface area contributed by atoms with E-state index in [2.05, 4.69) is 36.0 Å². The molecule has 1 aliphatic rings. The van der Waals surface area contributed by atoms with Gasteiger partial charge >= 0.3 is 5.97 Å². The number of aliphatic carboxylic acids is 1. The number of hydrogen-bond donors (Lipinski definition) is 1. The van der Waals surface area contributed by atoms with Crippen molar-refractivity contribution >= 4 is 17.3 Å². The Balaban J connectivity index is 2.09. The molecule has 1 fully saturated rings. The molecule has 1 aromatic heterocycles. The standard InChI is InChI=1S/C14H22N2O2S/c1-9(13(17)18)16(10-5-6-10)7-12-15-11(8-19-12)14(2,3)4/h8-10H,5-7H2,1-4H3,(H,17,18). The van der Waals surface area contributed by atoms with E-state index in [0.29, 0.717) is 12.6 Å². The summed E-state index contributed by atoms with van der Waals surface area (Å²) in [6, 6.07) is -0.0115. The van der Waals surface area contributed by atoms with E-state index >= 15 is 0 Å². The predicted molar refractivity (Wildman–Crippen MR) is 76.5 cm³/mol. The Labute approximate surface area is 118 Å². The second kappa shape index (κ2) is 5.21. The average Bonchev–Trinajstić information content (AvgIpc) is 3.02. The highest BCUT2D eigenvalue weighted by Gasteiger charge is 2.35. The number of thiazole rings is 1. The van der Waals surface area contributed by atoms with Crippen molar-refractivity contribution in [2.24, 2.45) is 0 Å². The SMILES string of the molecule is CC(C(=O)O)N(Cc1nc(C(C)(C)C)cs1)C1CC1. The topological polar surface area (TPSA) is 53.4 Å². The van der Waals surface area contributed by atoms with Crippen molar-refractivity contribution in [2.75, 3.05) is 0 Å². The van der Waals surface area contributed by atoms with Crippen LogP contribution in [0.2, 0.25) is 0 Å². The molecule has 2 rings (SSSR count). The third kappa shape index (κ3) is 3.54. The van der Waals surface area contributed by atoms with Gasteiger partial charge in [-0.15, -0.1) is 11.3 Å². The highest BCUT2D eigenvalue weighted by atomic mass is 32.1. The van der Waals surface area contributed by atoms with E-state index in [4.69, 9.17) is 0 Å². The Bertz CT molecular complexity index is 460. The molecule has 1 N–H and O–H groups in total. The Morgan fingerprint density at radius 3 is 2.63 bits per heavy atom. The molecule has 19 heavy (non-hydrogen) atoms. The summed E-state index contributed by atoms with van der Waals surface area (Å²) in [5, 5.41) is 12.3. The van der Waals surface area contributed by atoms with Gasteiger partial charge in [0.2, 0.25) is 0 Å². The molecule has 0 bridgehead atoms. The van der Waals surface area contributed by atoms with Gasteiger partial charge in [-0.2, -0.15) is 0 Å². The van der Waals surface area contributed by atoms with Gasteiger partial charge in [0.15, 0.2) is 0 Å². The first-order valence-corrected chi connectivity index (χ1v) is 7.60. The van der Waals surface area contributed by atoms with E-state index in [1.165, 1.54) is 0 Å². The van der Waals surface area contributed by atoms with Crippen LogP contribution < -0.4 is 0 Å². The zero-order valence-electron chi connectivity index (χ0n) is 12.0. The lowest BCUT2D eigenvalue weighted by atomic mass is 9.93. The van der Waals surface area contributed by atoms with Crippen LogP contribution in [0.3, 0.4) is 0 Å². The molecule has 0 spiro atoms. The van der Waals surface area contributed by atoms with E-state index < -0.39 is 12.0 Å². The Morgan fingerprint density at radius 2 is 2.21 bits per heavy atom. The third-order valence-electron chi connectivity index (χ3n) is 3.51. The summed E-state index contributed by atoms with van der Waals surface area (Å²) in [5.41, 5.74) is 1.14. The molecule has 5 heteroatoms. The molecular weight excluding hydrogens is 260 g/mol. The molecule has 0 aliphatic heterocycles. The van der Waals surface area contributed by atoms with Crippen molar-refractivity contribution in [3.05, 3.63) is 16.1 Å². The molecule has 1 saturated carbocycles. The Hall–Kier alpha value is -0.940. The molecule has 1 aromatic rings. The second-order valence-electron chi connectivity index (χ2n) is 6.29. The van der Waals surface area contributed by atoms with Crippen LogP contribution in [0.1, 0.15) is 51.2 Å². The molecule has 1 unspecified atom stereocenters. The van der Waals surface area contributed by atoms with Crippen molar-refractivity contribution in [3.8, 4) is 0 Å². The first-order chi connectivity index (χ1) is 8.79. The van der Waals surface area contributed by atoms with Gasteiger partial charge in [0.05, 0.1) is 12.2 Å². The van der Waals surface area contributed by atoms with Crippen LogP contribution in [0.4, 0.5) is 0 Å². The van der Waals surface area contributed by atoms with Gasteiger partial charge in [-0.25, -0.2) is 4.98 Å². The highest BCUT2D eigenvalue weighted by molar-refractivity contribution is 7.09. The molecule has 0 radical (unpaired) electrons. The van der Waals surface area contributed by atoms with Gasteiger partial charge in [-0.1, -0.05) is 20.8 Å². The van der Waals surface area contributed by atoms with Gasteiger partial charge < -0.3 is 5.11 Å². The molecule has 1 aliphatic carbocycles. The molecule has 106 valence electrons. The van der Waals surface area contributed by atoms with Crippen molar-refractivity contribution in [1.82, 2.24) is 9.88 Å². The van der Waals surface area contributed by atoms with Gasteiger partial charge in [-0.05, 0) is 19.8 Å². The summed E-state index contributed by atoms with van der Waals surface area (Å²) in [6.07, 6.45) is 2.21. The summed E-state index contributed by atoms with van der Waals surface area (Å²) >= 11 is 1.63. The van der Waals surface area contributed by atoms with E-state index in [0.717, 1.165) is 23.5 Å². The van der Waals surface area contributed by atoms with E-state index in [-0.39, 0.29) is 5.41 Å². The van der Waals surface area contributed by atoms with Gasteiger partial charge in [0, 0.05) is 16.8 Å². The summed E-state index contributed by atoms with van der Waals surface area (Å²) in [7, 11) is 0. The lowest BCUT2D eigenvalue weighted by molar-refractivity contribution is -0.143. The molecule has 4 nitrogen and oxygen atoms in total. The average molecular weight is 282 g/mol. The minimum absolute atomic E-state index is 0.0531. The van der Waals surface area contributed by atoms with Crippen LogP contribution in [-0.4, -0.2) is 33.0 Å². The molecular formula is C14H22N2O2S. The van der Waals surface area contributed by atoms with Gasteiger partial charge in [0.25, 0.3) is 0 Å². The van der Waals surface area contributed by atoms with Crippen LogP contribution in [0.15, 0.2) is 5.38 Å². The third-order valence-corrected chi connectivity index (χ3v) is 4.34. The molecule has 0 amide bonds. The number of carbonyl (C=O) groups is 1. The van der Waals surface area contributed by atoms with Gasteiger partial charge in [0.1, 0.15) is 11.0 Å². The number of carboxylic acids is 1. The summed E-state index contributed by atoms with van der Waals surface area (Å²) in [4.78, 5) is 17.9. The Kier molecular flexibility index (Phi) is 3.97. The number of carboxylic acid groups (broad SMARTS) is 1.